The van der Waals surface area contributed by atoms with Gasteiger partial charge in [0.05, 0.1) is 12.1 Å². The molecule has 0 unspecified atom stereocenters. The molecule has 0 aliphatic heterocycles. The minimum Gasteiger partial charge on any atom is -0.456 e. The lowest BCUT2D eigenvalue weighted by molar-refractivity contribution is -0.147. The topological polar surface area (TPSA) is 89.5 Å². The Morgan fingerprint density at radius 1 is 0.677 bits per heavy atom. The first-order valence-electron chi connectivity index (χ1n) is 9.77. The summed E-state index contributed by atoms with van der Waals surface area (Å²) in [4.78, 5) is 48.8. The number of esters is 1. The summed E-state index contributed by atoms with van der Waals surface area (Å²) < 4.78 is 4.96. The maximum absolute atomic E-state index is 12.7. The predicted molar refractivity (Wildman–Crippen MR) is 116 cm³/mol. The van der Waals surface area contributed by atoms with Gasteiger partial charge >= 0.3 is 5.97 Å². The molecular formula is C25H21NO5. The molecule has 3 aromatic carbocycles. The fourth-order valence-electron chi connectivity index (χ4n) is 2.92. The number of carbonyl (C=O) groups is 4. The Morgan fingerprint density at radius 2 is 1.26 bits per heavy atom. The van der Waals surface area contributed by atoms with Crippen LogP contribution >= 0.6 is 0 Å². The van der Waals surface area contributed by atoms with Crippen molar-refractivity contribution in [1.29, 1.82) is 0 Å². The number of Topliss-reactive ketones (excluding diaryl/α,β-unsaturated/α-hetero) is 1. The predicted octanol–water partition coefficient (Wildman–Crippen LogP) is 4.06. The van der Waals surface area contributed by atoms with Gasteiger partial charge in [-0.05, 0) is 12.1 Å². The summed E-state index contributed by atoms with van der Waals surface area (Å²) in [5, 5.41) is 2.60. The van der Waals surface area contributed by atoms with Crippen molar-refractivity contribution in [1.82, 2.24) is 0 Å². The zero-order chi connectivity index (χ0) is 22.1. The third kappa shape index (κ3) is 6.21. The number of amides is 1. The van der Waals surface area contributed by atoms with Crippen molar-refractivity contribution >= 4 is 29.1 Å². The van der Waals surface area contributed by atoms with E-state index in [0.717, 1.165) is 0 Å². The normalized spacial score (nSPS) is 10.2. The van der Waals surface area contributed by atoms with E-state index < -0.39 is 18.5 Å². The number of nitrogens with one attached hydrogen (secondary N) is 1. The Kier molecular flexibility index (Phi) is 7.43. The Balaban J connectivity index is 1.51. The molecule has 0 heterocycles. The van der Waals surface area contributed by atoms with Crippen LogP contribution in [0, 0.1) is 0 Å². The number of anilines is 1. The van der Waals surface area contributed by atoms with Crippen molar-refractivity contribution in [2.24, 2.45) is 0 Å². The van der Waals surface area contributed by atoms with Gasteiger partial charge in [-0.15, -0.1) is 0 Å². The molecule has 0 aromatic heterocycles. The van der Waals surface area contributed by atoms with Gasteiger partial charge in [-0.25, -0.2) is 0 Å². The Labute approximate surface area is 179 Å². The van der Waals surface area contributed by atoms with Crippen LogP contribution in [0.5, 0.6) is 0 Å². The van der Waals surface area contributed by atoms with Crippen molar-refractivity contribution in [3.05, 3.63) is 102 Å². The van der Waals surface area contributed by atoms with Crippen molar-refractivity contribution in [3.63, 3.8) is 0 Å². The van der Waals surface area contributed by atoms with Crippen LogP contribution in [0.15, 0.2) is 84.9 Å². The molecule has 1 amide bonds. The van der Waals surface area contributed by atoms with Gasteiger partial charge < -0.3 is 10.1 Å². The van der Waals surface area contributed by atoms with Crippen LogP contribution in [0.4, 0.5) is 5.69 Å². The number of para-hydroxylation sites is 1. The molecule has 6 nitrogen and oxygen atoms in total. The first-order valence-corrected chi connectivity index (χ1v) is 9.77. The number of ketones is 2. The zero-order valence-electron chi connectivity index (χ0n) is 16.7. The lowest BCUT2D eigenvalue weighted by Gasteiger charge is -2.11. The van der Waals surface area contributed by atoms with Gasteiger partial charge in [-0.3, -0.25) is 19.2 Å². The maximum Gasteiger partial charge on any atom is 0.306 e. The average molecular weight is 415 g/mol. The SMILES string of the molecule is O=C(COC(=O)CCC(=O)c1ccccc1)Nc1ccccc1C(=O)c1ccccc1. The van der Waals surface area contributed by atoms with E-state index in [0.29, 0.717) is 22.4 Å². The third-order valence-electron chi connectivity index (χ3n) is 4.50. The van der Waals surface area contributed by atoms with Crippen molar-refractivity contribution < 1.29 is 23.9 Å². The van der Waals surface area contributed by atoms with Gasteiger partial charge in [-0.1, -0.05) is 72.8 Å². The van der Waals surface area contributed by atoms with E-state index in [-0.39, 0.29) is 24.4 Å². The summed E-state index contributed by atoms with van der Waals surface area (Å²) in [6.45, 7) is -0.508. The van der Waals surface area contributed by atoms with Gasteiger partial charge in [0.2, 0.25) is 0 Å². The second-order valence-electron chi connectivity index (χ2n) is 6.74. The van der Waals surface area contributed by atoms with E-state index in [1.54, 1.807) is 78.9 Å². The van der Waals surface area contributed by atoms with Crippen LogP contribution in [-0.2, 0) is 14.3 Å². The third-order valence-corrected chi connectivity index (χ3v) is 4.50. The number of rotatable bonds is 9. The second kappa shape index (κ2) is 10.6. The summed E-state index contributed by atoms with van der Waals surface area (Å²) in [6.07, 6.45) is -0.122. The van der Waals surface area contributed by atoms with Crippen molar-refractivity contribution in [2.75, 3.05) is 11.9 Å². The molecule has 0 fully saturated rings. The minimum atomic E-state index is -0.645. The Bertz CT molecular complexity index is 1080. The number of benzene rings is 3. The second-order valence-corrected chi connectivity index (χ2v) is 6.74. The van der Waals surface area contributed by atoms with Gasteiger partial charge in [-0.2, -0.15) is 0 Å². The first-order chi connectivity index (χ1) is 15.0. The number of hydrogen-bond acceptors (Lipinski definition) is 5. The van der Waals surface area contributed by atoms with Crippen LogP contribution in [0.3, 0.4) is 0 Å². The minimum absolute atomic E-state index is 0.00111. The molecule has 3 aromatic rings. The van der Waals surface area contributed by atoms with E-state index >= 15 is 0 Å². The maximum atomic E-state index is 12.7. The molecule has 0 saturated carbocycles. The summed E-state index contributed by atoms with van der Waals surface area (Å²) in [6, 6.07) is 24.0. The van der Waals surface area contributed by atoms with E-state index in [1.165, 1.54) is 0 Å². The van der Waals surface area contributed by atoms with E-state index in [9.17, 15) is 19.2 Å². The summed E-state index contributed by atoms with van der Waals surface area (Å²) in [7, 11) is 0. The van der Waals surface area contributed by atoms with Gasteiger partial charge in [0.1, 0.15) is 0 Å². The highest BCUT2D eigenvalue weighted by Gasteiger charge is 2.16. The molecule has 0 atom stereocenters. The Hall–Kier alpha value is -4.06. The molecule has 0 spiro atoms. The smallest absolute Gasteiger partial charge is 0.306 e. The Morgan fingerprint density at radius 3 is 1.94 bits per heavy atom. The van der Waals surface area contributed by atoms with E-state index in [2.05, 4.69) is 5.32 Å². The molecule has 0 aliphatic rings. The first kappa shape index (κ1) is 21.6. The summed E-state index contributed by atoms with van der Waals surface area (Å²) >= 11 is 0. The van der Waals surface area contributed by atoms with Gasteiger partial charge in [0.25, 0.3) is 5.91 Å². The standard InChI is InChI=1S/C25H21NO5/c27-22(18-9-3-1-4-10-18)15-16-24(29)31-17-23(28)26-21-14-8-7-13-20(21)25(30)19-11-5-2-6-12-19/h1-14H,15-17H2,(H,26,28). The summed E-state index contributed by atoms with van der Waals surface area (Å²) in [5.41, 5.74) is 1.69. The highest BCUT2D eigenvalue weighted by Crippen LogP contribution is 2.19. The molecule has 1 N–H and O–H groups in total. The molecule has 3 rings (SSSR count). The largest absolute Gasteiger partial charge is 0.456 e. The lowest BCUT2D eigenvalue weighted by atomic mass is 10.0. The molecule has 156 valence electrons. The highest BCUT2D eigenvalue weighted by atomic mass is 16.5. The average Bonchev–Trinajstić information content (AvgIpc) is 2.82. The molecule has 0 saturated heterocycles. The number of carbonyl (C=O) groups excluding carboxylic acids is 4. The molecule has 0 bridgehead atoms. The fourth-order valence-corrected chi connectivity index (χ4v) is 2.92. The summed E-state index contributed by atoms with van der Waals surface area (Å²) in [5.74, 6) is -1.62. The van der Waals surface area contributed by atoms with Crippen LogP contribution in [0.25, 0.3) is 0 Å². The van der Waals surface area contributed by atoms with Crippen LogP contribution in [-0.4, -0.2) is 30.0 Å². The highest BCUT2D eigenvalue weighted by molar-refractivity contribution is 6.13. The van der Waals surface area contributed by atoms with E-state index in [4.69, 9.17) is 4.74 Å². The lowest BCUT2D eigenvalue weighted by Crippen LogP contribution is -2.22. The molecular weight excluding hydrogens is 394 g/mol. The van der Waals surface area contributed by atoms with Crippen molar-refractivity contribution in [2.45, 2.75) is 12.8 Å². The van der Waals surface area contributed by atoms with Crippen LogP contribution in [0.2, 0.25) is 0 Å². The van der Waals surface area contributed by atoms with Crippen LogP contribution < -0.4 is 5.32 Å². The molecule has 31 heavy (non-hydrogen) atoms. The fraction of sp³-hybridized carbons (Fsp3) is 0.120. The van der Waals surface area contributed by atoms with Crippen LogP contribution in [0.1, 0.15) is 39.1 Å². The number of hydrogen-bond donors (Lipinski definition) is 1. The zero-order valence-corrected chi connectivity index (χ0v) is 16.7. The quantitative estimate of drug-likeness (QED) is 0.420. The molecule has 6 heteroatoms. The monoisotopic (exact) mass is 415 g/mol. The molecule has 0 radical (unpaired) electrons. The number of ether oxygens (including phenoxy) is 1. The molecule has 0 aliphatic carbocycles. The van der Waals surface area contributed by atoms with Gasteiger partial charge in [0, 0.05) is 23.1 Å². The van der Waals surface area contributed by atoms with Crippen molar-refractivity contribution in [3.8, 4) is 0 Å². The van der Waals surface area contributed by atoms with E-state index in [1.807, 2.05) is 6.07 Å². The van der Waals surface area contributed by atoms with Gasteiger partial charge in [0.15, 0.2) is 18.2 Å².